The fraction of sp³-hybridized carbons (Fsp3) is 0.214. The number of aromatic nitrogens is 1. The molecule has 4 nitrogen and oxygen atoms in total. The maximum Gasteiger partial charge on any atom is 0.250 e. The Labute approximate surface area is 112 Å². The topological polar surface area (TPSA) is 56.1 Å². The van der Waals surface area contributed by atoms with Crippen LogP contribution in [0.3, 0.4) is 0 Å². The molecule has 1 aromatic heterocycles. The van der Waals surface area contributed by atoms with Gasteiger partial charge in [0.2, 0.25) is 5.56 Å². The molecule has 2 rings (SSSR count). The minimum atomic E-state index is -3.05. The summed E-state index contributed by atoms with van der Waals surface area (Å²) in [5.74, 6) is 0.0204. The van der Waals surface area contributed by atoms with Gasteiger partial charge >= 0.3 is 0 Å². The van der Waals surface area contributed by atoms with E-state index in [2.05, 4.69) is 0 Å². The number of nitrogens with zero attached hydrogens (tertiary/aromatic N) is 1. The van der Waals surface area contributed by atoms with Crippen molar-refractivity contribution in [1.29, 1.82) is 0 Å². The summed E-state index contributed by atoms with van der Waals surface area (Å²) in [4.78, 5) is 11.3. The molecule has 0 aliphatic heterocycles. The van der Waals surface area contributed by atoms with Crippen LogP contribution in [0.15, 0.2) is 47.4 Å². The fourth-order valence-electron chi connectivity index (χ4n) is 1.91. The van der Waals surface area contributed by atoms with Gasteiger partial charge in [0.05, 0.1) is 5.75 Å². The minimum Gasteiger partial charge on any atom is -0.318 e. The van der Waals surface area contributed by atoms with Gasteiger partial charge in [0.15, 0.2) is 9.84 Å². The van der Waals surface area contributed by atoms with Gasteiger partial charge in [-0.3, -0.25) is 4.79 Å². The summed E-state index contributed by atoms with van der Waals surface area (Å²) in [6, 6.07) is 10.6. The minimum absolute atomic E-state index is 0.0204. The highest BCUT2D eigenvalue weighted by Crippen LogP contribution is 2.20. The molecule has 5 heteroatoms. The van der Waals surface area contributed by atoms with Crippen molar-refractivity contribution >= 4 is 9.84 Å². The SMILES string of the molecule is Cn1cc(-c2cccc(CS(C)(=O)=O)c2)ccc1=O. The van der Waals surface area contributed by atoms with E-state index in [0.29, 0.717) is 0 Å². The average Bonchev–Trinajstić information content (AvgIpc) is 2.31. The normalized spacial score (nSPS) is 11.5. The first kappa shape index (κ1) is 13.5. The van der Waals surface area contributed by atoms with Crippen LogP contribution in [0, 0.1) is 0 Å². The molecule has 0 unspecified atom stereocenters. The third kappa shape index (κ3) is 3.54. The zero-order valence-electron chi connectivity index (χ0n) is 10.8. The Morgan fingerprint density at radius 2 is 1.84 bits per heavy atom. The van der Waals surface area contributed by atoms with E-state index in [9.17, 15) is 13.2 Å². The molecule has 0 amide bonds. The Morgan fingerprint density at radius 1 is 1.11 bits per heavy atom. The third-order valence-electron chi connectivity index (χ3n) is 2.78. The summed E-state index contributed by atoms with van der Waals surface area (Å²) in [6.07, 6.45) is 2.95. The van der Waals surface area contributed by atoms with Crippen LogP contribution in [0.5, 0.6) is 0 Å². The summed E-state index contributed by atoms with van der Waals surface area (Å²) in [5.41, 5.74) is 2.46. The van der Waals surface area contributed by atoms with Crippen LogP contribution in [0.2, 0.25) is 0 Å². The molecule has 100 valence electrons. The van der Waals surface area contributed by atoms with Crippen molar-refractivity contribution in [3.8, 4) is 11.1 Å². The molecule has 0 saturated heterocycles. The maximum atomic E-state index is 11.3. The van der Waals surface area contributed by atoms with E-state index in [1.807, 2.05) is 18.2 Å². The molecule has 1 heterocycles. The first-order valence-electron chi connectivity index (χ1n) is 5.79. The Hall–Kier alpha value is -1.88. The second kappa shape index (κ2) is 5.01. The second-order valence-corrected chi connectivity index (χ2v) is 6.78. The van der Waals surface area contributed by atoms with E-state index in [-0.39, 0.29) is 11.3 Å². The lowest BCUT2D eigenvalue weighted by atomic mass is 10.1. The zero-order chi connectivity index (χ0) is 14.0. The molecular formula is C14H15NO3S. The number of rotatable bonds is 3. The number of sulfone groups is 1. The van der Waals surface area contributed by atoms with Gasteiger partial charge < -0.3 is 4.57 Å². The quantitative estimate of drug-likeness (QED) is 0.856. The molecule has 19 heavy (non-hydrogen) atoms. The van der Waals surface area contributed by atoms with Crippen molar-refractivity contribution in [1.82, 2.24) is 4.57 Å². The van der Waals surface area contributed by atoms with Gasteiger partial charge in [-0.1, -0.05) is 24.3 Å². The molecule has 0 fully saturated rings. The van der Waals surface area contributed by atoms with Gasteiger partial charge in [-0.15, -0.1) is 0 Å². The van der Waals surface area contributed by atoms with Gasteiger partial charge in [0.1, 0.15) is 0 Å². The summed E-state index contributed by atoms with van der Waals surface area (Å²) < 4.78 is 24.1. The van der Waals surface area contributed by atoms with Crippen molar-refractivity contribution in [2.75, 3.05) is 6.26 Å². The van der Waals surface area contributed by atoms with Crippen molar-refractivity contribution in [3.63, 3.8) is 0 Å². The predicted octanol–water partition coefficient (Wildman–Crippen LogP) is 1.60. The molecular weight excluding hydrogens is 262 g/mol. The molecule has 0 N–H and O–H groups in total. The number of hydrogen-bond acceptors (Lipinski definition) is 3. The zero-order valence-corrected chi connectivity index (χ0v) is 11.6. The van der Waals surface area contributed by atoms with Crippen molar-refractivity contribution in [3.05, 3.63) is 58.5 Å². The third-order valence-corrected chi connectivity index (χ3v) is 3.63. The highest BCUT2D eigenvalue weighted by atomic mass is 32.2. The van der Waals surface area contributed by atoms with Crippen LogP contribution in [0.1, 0.15) is 5.56 Å². The van der Waals surface area contributed by atoms with E-state index < -0.39 is 9.84 Å². The van der Waals surface area contributed by atoms with Gasteiger partial charge in [0, 0.05) is 25.6 Å². The summed E-state index contributed by atoms with van der Waals surface area (Å²) >= 11 is 0. The molecule has 0 aliphatic carbocycles. The molecule has 0 bridgehead atoms. The number of aryl methyl sites for hydroxylation is 1. The van der Waals surface area contributed by atoms with Gasteiger partial charge in [-0.05, 0) is 22.8 Å². The van der Waals surface area contributed by atoms with Crippen LogP contribution in [-0.2, 0) is 22.6 Å². The van der Waals surface area contributed by atoms with Crippen LogP contribution in [0.4, 0.5) is 0 Å². The van der Waals surface area contributed by atoms with Gasteiger partial charge in [-0.2, -0.15) is 0 Å². The van der Waals surface area contributed by atoms with Crippen LogP contribution < -0.4 is 5.56 Å². The Bertz CT molecular complexity index is 760. The molecule has 2 aromatic rings. The highest BCUT2D eigenvalue weighted by Gasteiger charge is 2.06. The monoisotopic (exact) mass is 277 g/mol. The standard InChI is InChI=1S/C14H15NO3S/c1-15-9-13(6-7-14(15)16)12-5-3-4-11(8-12)10-19(2,17)18/h3-9H,10H2,1-2H3. The molecule has 0 radical (unpaired) electrons. The first-order valence-corrected chi connectivity index (χ1v) is 7.85. The van der Waals surface area contributed by atoms with E-state index in [0.717, 1.165) is 16.7 Å². The fourth-order valence-corrected chi connectivity index (χ4v) is 2.69. The first-order chi connectivity index (χ1) is 8.85. The summed E-state index contributed by atoms with van der Waals surface area (Å²) in [7, 11) is -1.36. The average molecular weight is 277 g/mol. The smallest absolute Gasteiger partial charge is 0.250 e. The lowest BCUT2D eigenvalue weighted by molar-refractivity contribution is 0.601. The van der Waals surface area contributed by atoms with E-state index in [1.54, 1.807) is 25.4 Å². The number of pyridine rings is 1. The van der Waals surface area contributed by atoms with Crippen LogP contribution in [-0.4, -0.2) is 19.2 Å². The number of hydrogen-bond donors (Lipinski definition) is 0. The van der Waals surface area contributed by atoms with Crippen LogP contribution >= 0.6 is 0 Å². The summed E-state index contributed by atoms with van der Waals surface area (Å²) in [6.45, 7) is 0. The Balaban J connectivity index is 2.43. The number of benzene rings is 1. The highest BCUT2D eigenvalue weighted by molar-refractivity contribution is 7.89. The molecule has 0 aliphatic rings. The Morgan fingerprint density at radius 3 is 2.47 bits per heavy atom. The van der Waals surface area contributed by atoms with E-state index in [1.165, 1.54) is 16.9 Å². The largest absolute Gasteiger partial charge is 0.318 e. The lowest BCUT2D eigenvalue weighted by Crippen LogP contribution is -2.13. The predicted molar refractivity (Wildman–Crippen MR) is 75.7 cm³/mol. The molecule has 0 saturated carbocycles. The molecule has 1 aromatic carbocycles. The van der Waals surface area contributed by atoms with E-state index >= 15 is 0 Å². The molecule has 0 spiro atoms. The van der Waals surface area contributed by atoms with Crippen molar-refractivity contribution in [2.24, 2.45) is 7.05 Å². The van der Waals surface area contributed by atoms with Crippen molar-refractivity contribution in [2.45, 2.75) is 5.75 Å². The molecule has 0 atom stereocenters. The lowest BCUT2D eigenvalue weighted by Gasteiger charge is -2.06. The van der Waals surface area contributed by atoms with Crippen LogP contribution in [0.25, 0.3) is 11.1 Å². The van der Waals surface area contributed by atoms with Gasteiger partial charge in [0.25, 0.3) is 0 Å². The Kier molecular flexibility index (Phi) is 3.57. The van der Waals surface area contributed by atoms with E-state index in [4.69, 9.17) is 0 Å². The maximum absolute atomic E-state index is 11.3. The van der Waals surface area contributed by atoms with Gasteiger partial charge in [-0.25, -0.2) is 8.42 Å². The summed E-state index contributed by atoms with van der Waals surface area (Å²) in [5, 5.41) is 0. The second-order valence-electron chi connectivity index (χ2n) is 4.64. The van der Waals surface area contributed by atoms with Crippen molar-refractivity contribution < 1.29 is 8.42 Å².